The first kappa shape index (κ1) is 16.4. The molecule has 0 aromatic carbocycles. The van der Waals surface area contributed by atoms with Crippen molar-refractivity contribution < 1.29 is 9.59 Å². The topological polar surface area (TPSA) is 49.4 Å². The lowest BCUT2D eigenvalue weighted by atomic mass is 10.0. The highest BCUT2D eigenvalue weighted by atomic mass is 32.2. The molecule has 21 heavy (non-hydrogen) atoms. The lowest BCUT2D eigenvalue weighted by Crippen LogP contribution is -2.49. The van der Waals surface area contributed by atoms with E-state index in [2.05, 4.69) is 24.5 Å². The van der Waals surface area contributed by atoms with Gasteiger partial charge in [-0.25, -0.2) is 0 Å². The maximum Gasteiger partial charge on any atom is 0.242 e. The van der Waals surface area contributed by atoms with E-state index in [4.69, 9.17) is 0 Å². The standard InChI is InChI=1S/C15H22N2O2S2/c1-4-16-14(19)12(7-10(2)3)17-13(18)9-21-15(17)11-5-6-20-8-11/h5-6,8,10,12,15H,4,7,9H2,1-3H3,(H,16,19)/t12-,15-/m0/s1. The van der Waals surface area contributed by atoms with Gasteiger partial charge in [0.05, 0.1) is 5.75 Å². The third-order valence-electron chi connectivity index (χ3n) is 3.42. The summed E-state index contributed by atoms with van der Waals surface area (Å²) in [5, 5.41) is 6.92. The van der Waals surface area contributed by atoms with E-state index < -0.39 is 0 Å². The summed E-state index contributed by atoms with van der Waals surface area (Å²) in [6.07, 6.45) is 0.693. The van der Waals surface area contributed by atoms with Crippen LogP contribution in [0.4, 0.5) is 0 Å². The van der Waals surface area contributed by atoms with Crippen LogP contribution in [0.15, 0.2) is 16.8 Å². The summed E-state index contributed by atoms with van der Waals surface area (Å²) < 4.78 is 0. The highest BCUT2D eigenvalue weighted by Gasteiger charge is 2.40. The summed E-state index contributed by atoms with van der Waals surface area (Å²) in [6, 6.07) is 1.66. The van der Waals surface area contributed by atoms with Gasteiger partial charge in [0.15, 0.2) is 0 Å². The van der Waals surface area contributed by atoms with Crippen molar-refractivity contribution in [2.24, 2.45) is 5.92 Å². The molecule has 2 amide bonds. The molecule has 0 spiro atoms. The highest BCUT2D eigenvalue weighted by Crippen LogP contribution is 2.41. The number of thiophene rings is 1. The Morgan fingerprint density at radius 3 is 2.86 bits per heavy atom. The number of amides is 2. The molecule has 0 unspecified atom stereocenters. The van der Waals surface area contributed by atoms with Crippen molar-refractivity contribution in [2.75, 3.05) is 12.3 Å². The third kappa shape index (κ3) is 3.80. The molecule has 6 heteroatoms. The second-order valence-electron chi connectivity index (χ2n) is 5.56. The van der Waals surface area contributed by atoms with Gasteiger partial charge in [-0.05, 0) is 41.7 Å². The molecule has 1 saturated heterocycles. The number of rotatable bonds is 6. The largest absolute Gasteiger partial charge is 0.355 e. The van der Waals surface area contributed by atoms with Crippen LogP contribution in [0.1, 0.15) is 38.1 Å². The number of carbonyl (C=O) groups excluding carboxylic acids is 2. The van der Waals surface area contributed by atoms with Crippen LogP contribution < -0.4 is 5.32 Å². The number of nitrogens with zero attached hydrogens (tertiary/aromatic N) is 1. The van der Waals surface area contributed by atoms with Crippen LogP contribution in [0.25, 0.3) is 0 Å². The van der Waals surface area contributed by atoms with Crippen molar-refractivity contribution in [1.29, 1.82) is 0 Å². The molecule has 0 saturated carbocycles. The number of likely N-dealkylation sites (N-methyl/N-ethyl adjacent to an activating group) is 1. The smallest absolute Gasteiger partial charge is 0.242 e. The molecule has 0 aliphatic carbocycles. The number of carbonyl (C=O) groups is 2. The fraction of sp³-hybridized carbons (Fsp3) is 0.600. The van der Waals surface area contributed by atoms with Gasteiger partial charge in [0, 0.05) is 6.54 Å². The first-order valence-electron chi connectivity index (χ1n) is 7.27. The lowest BCUT2D eigenvalue weighted by Gasteiger charge is -2.32. The van der Waals surface area contributed by atoms with Crippen LogP contribution in [0.2, 0.25) is 0 Å². The third-order valence-corrected chi connectivity index (χ3v) is 5.35. The van der Waals surface area contributed by atoms with Crippen LogP contribution in [0, 0.1) is 5.92 Å². The van der Waals surface area contributed by atoms with Crippen molar-refractivity contribution in [2.45, 2.75) is 38.6 Å². The van der Waals surface area contributed by atoms with E-state index in [1.807, 2.05) is 18.4 Å². The molecule has 1 aliphatic heterocycles. The molecular weight excluding hydrogens is 304 g/mol. The lowest BCUT2D eigenvalue weighted by molar-refractivity contribution is -0.139. The summed E-state index contributed by atoms with van der Waals surface area (Å²) in [7, 11) is 0. The average molecular weight is 326 g/mol. The van der Waals surface area contributed by atoms with E-state index in [1.165, 1.54) is 0 Å². The fourth-order valence-corrected chi connectivity index (χ4v) is 4.51. The van der Waals surface area contributed by atoms with Gasteiger partial charge in [0.2, 0.25) is 11.8 Å². The van der Waals surface area contributed by atoms with Gasteiger partial charge in [-0.3, -0.25) is 9.59 Å². The number of thioether (sulfide) groups is 1. The van der Waals surface area contributed by atoms with Crippen molar-refractivity contribution in [3.63, 3.8) is 0 Å². The minimum absolute atomic E-state index is 0.0323. The van der Waals surface area contributed by atoms with E-state index >= 15 is 0 Å². The molecule has 1 aromatic rings. The molecule has 4 nitrogen and oxygen atoms in total. The SMILES string of the molecule is CCNC(=O)[C@H](CC(C)C)N1C(=O)CS[C@H]1c1ccsc1. The Balaban J connectivity index is 2.26. The molecule has 2 rings (SSSR count). The summed E-state index contributed by atoms with van der Waals surface area (Å²) in [4.78, 5) is 26.5. The van der Waals surface area contributed by atoms with Crippen molar-refractivity contribution in [1.82, 2.24) is 10.2 Å². The van der Waals surface area contributed by atoms with E-state index in [-0.39, 0.29) is 23.2 Å². The van der Waals surface area contributed by atoms with Crippen LogP contribution in [0.3, 0.4) is 0 Å². The van der Waals surface area contributed by atoms with Gasteiger partial charge in [-0.1, -0.05) is 13.8 Å². The van der Waals surface area contributed by atoms with E-state index in [0.717, 1.165) is 5.56 Å². The Morgan fingerprint density at radius 1 is 1.52 bits per heavy atom. The molecule has 0 bridgehead atoms. The van der Waals surface area contributed by atoms with E-state index in [9.17, 15) is 9.59 Å². The minimum atomic E-state index is -0.377. The molecule has 116 valence electrons. The monoisotopic (exact) mass is 326 g/mol. The molecule has 1 N–H and O–H groups in total. The number of nitrogens with one attached hydrogen (secondary N) is 1. The molecule has 1 aliphatic rings. The zero-order valence-corrected chi connectivity index (χ0v) is 14.3. The van der Waals surface area contributed by atoms with Gasteiger partial charge in [-0.15, -0.1) is 11.8 Å². The number of hydrogen-bond donors (Lipinski definition) is 1. The summed E-state index contributed by atoms with van der Waals surface area (Å²) in [5.74, 6) is 0.837. The van der Waals surface area contributed by atoms with Crippen LogP contribution in [-0.4, -0.2) is 35.1 Å². The van der Waals surface area contributed by atoms with E-state index in [1.54, 1.807) is 28.0 Å². The maximum atomic E-state index is 12.4. The van der Waals surface area contributed by atoms with Crippen molar-refractivity contribution in [3.05, 3.63) is 22.4 Å². The quantitative estimate of drug-likeness (QED) is 0.874. The van der Waals surface area contributed by atoms with Gasteiger partial charge in [0.1, 0.15) is 11.4 Å². The van der Waals surface area contributed by atoms with Crippen molar-refractivity contribution in [3.8, 4) is 0 Å². The van der Waals surface area contributed by atoms with Gasteiger partial charge in [-0.2, -0.15) is 11.3 Å². The van der Waals surface area contributed by atoms with Gasteiger partial charge in [0.25, 0.3) is 0 Å². The molecule has 2 atom stereocenters. The Bertz CT molecular complexity index is 488. The summed E-state index contributed by atoms with van der Waals surface area (Å²) in [5.41, 5.74) is 1.12. The fourth-order valence-electron chi connectivity index (χ4n) is 2.53. The molecule has 2 heterocycles. The molecule has 0 radical (unpaired) electrons. The van der Waals surface area contributed by atoms with E-state index in [0.29, 0.717) is 24.6 Å². The van der Waals surface area contributed by atoms with Crippen LogP contribution in [-0.2, 0) is 9.59 Å². The predicted molar refractivity (Wildman–Crippen MR) is 88.3 cm³/mol. The van der Waals surface area contributed by atoms with Gasteiger partial charge >= 0.3 is 0 Å². The van der Waals surface area contributed by atoms with Crippen LogP contribution >= 0.6 is 23.1 Å². The predicted octanol–water partition coefficient (Wildman–Crippen LogP) is 2.87. The first-order valence-corrected chi connectivity index (χ1v) is 9.26. The normalized spacial score (nSPS) is 20.1. The van der Waals surface area contributed by atoms with Gasteiger partial charge < -0.3 is 10.2 Å². The number of hydrogen-bond acceptors (Lipinski definition) is 4. The maximum absolute atomic E-state index is 12.4. The average Bonchev–Trinajstić information content (AvgIpc) is 3.05. The first-order chi connectivity index (χ1) is 10.0. The zero-order chi connectivity index (χ0) is 15.4. The summed E-state index contributed by atoms with van der Waals surface area (Å²) in [6.45, 7) is 6.66. The molecule has 1 aromatic heterocycles. The second kappa shape index (κ2) is 7.31. The zero-order valence-electron chi connectivity index (χ0n) is 12.7. The Hall–Kier alpha value is -1.01. The Kier molecular flexibility index (Phi) is 5.70. The molecule has 1 fully saturated rings. The second-order valence-corrected chi connectivity index (χ2v) is 7.41. The van der Waals surface area contributed by atoms with Crippen LogP contribution in [0.5, 0.6) is 0 Å². The Labute approximate surface area is 134 Å². The summed E-state index contributed by atoms with van der Waals surface area (Å²) >= 11 is 3.23. The highest BCUT2D eigenvalue weighted by molar-refractivity contribution is 8.00. The minimum Gasteiger partial charge on any atom is -0.355 e. The Morgan fingerprint density at radius 2 is 2.29 bits per heavy atom. The molecular formula is C15H22N2O2S2. The van der Waals surface area contributed by atoms with Crippen molar-refractivity contribution >= 4 is 34.9 Å².